The summed E-state index contributed by atoms with van der Waals surface area (Å²) in [5.74, 6) is 1.67. The van der Waals surface area contributed by atoms with Crippen molar-refractivity contribution in [3.8, 4) is 0 Å². The zero-order valence-corrected chi connectivity index (χ0v) is 13.1. The summed E-state index contributed by atoms with van der Waals surface area (Å²) in [6.45, 7) is 6.37. The highest BCUT2D eigenvalue weighted by Gasteiger charge is 2.34. The van der Waals surface area contributed by atoms with Crippen LogP contribution in [0.1, 0.15) is 30.8 Å². The highest BCUT2D eigenvalue weighted by atomic mass is 35.5. The summed E-state index contributed by atoms with van der Waals surface area (Å²) in [5.41, 5.74) is 0.951. The lowest BCUT2D eigenvalue weighted by atomic mass is 9.84. The van der Waals surface area contributed by atoms with E-state index in [0.29, 0.717) is 5.15 Å². The predicted molar refractivity (Wildman–Crippen MR) is 80.8 cm³/mol. The van der Waals surface area contributed by atoms with Crippen molar-refractivity contribution >= 4 is 11.6 Å². The Morgan fingerprint density at radius 3 is 2.95 bits per heavy atom. The van der Waals surface area contributed by atoms with Crippen molar-refractivity contribution in [3.63, 3.8) is 0 Å². The van der Waals surface area contributed by atoms with Crippen molar-refractivity contribution in [2.75, 3.05) is 26.7 Å². The number of nitrogens with zero attached hydrogens (tertiary/aromatic N) is 4. The molecule has 0 amide bonds. The Morgan fingerprint density at radius 1 is 1.30 bits per heavy atom. The summed E-state index contributed by atoms with van der Waals surface area (Å²) in [4.78, 5) is 13.9. The number of aryl methyl sites for hydroxylation is 1. The first kappa shape index (κ1) is 14.2. The van der Waals surface area contributed by atoms with E-state index < -0.39 is 0 Å². The maximum atomic E-state index is 6.02. The zero-order chi connectivity index (χ0) is 14.1. The summed E-state index contributed by atoms with van der Waals surface area (Å²) in [7, 11) is 2.27. The summed E-state index contributed by atoms with van der Waals surface area (Å²) < 4.78 is 0. The van der Waals surface area contributed by atoms with Crippen LogP contribution in [-0.2, 0) is 6.54 Å². The molecule has 0 aliphatic carbocycles. The molecule has 0 bridgehead atoms. The average Bonchev–Trinajstić information content (AvgIpc) is 2.37. The van der Waals surface area contributed by atoms with Gasteiger partial charge >= 0.3 is 0 Å². The van der Waals surface area contributed by atoms with Crippen LogP contribution in [0.3, 0.4) is 0 Å². The maximum absolute atomic E-state index is 6.02. The van der Waals surface area contributed by atoms with Crippen molar-refractivity contribution in [1.82, 2.24) is 19.8 Å². The fourth-order valence-corrected chi connectivity index (χ4v) is 3.99. The minimum absolute atomic E-state index is 0.555. The molecule has 0 N–H and O–H groups in total. The largest absolute Gasteiger partial charge is 0.303 e. The molecule has 110 valence electrons. The van der Waals surface area contributed by atoms with Crippen LogP contribution in [0.25, 0.3) is 0 Å². The van der Waals surface area contributed by atoms with E-state index in [2.05, 4.69) is 26.8 Å². The molecule has 20 heavy (non-hydrogen) atoms. The van der Waals surface area contributed by atoms with Gasteiger partial charge in [-0.15, -0.1) is 0 Å². The molecule has 2 unspecified atom stereocenters. The number of hydrogen-bond donors (Lipinski definition) is 0. The smallest absolute Gasteiger partial charge is 0.144 e. The fourth-order valence-electron chi connectivity index (χ4n) is 3.73. The number of fused-ring (bicyclic) bond motifs is 1. The molecule has 4 nitrogen and oxygen atoms in total. The topological polar surface area (TPSA) is 32.3 Å². The van der Waals surface area contributed by atoms with Crippen molar-refractivity contribution in [2.45, 2.75) is 38.8 Å². The Bertz CT molecular complexity index is 459. The van der Waals surface area contributed by atoms with Crippen LogP contribution in [0.15, 0.2) is 6.07 Å². The second-order valence-electron chi connectivity index (χ2n) is 6.22. The Morgan fingerprint density at radius 2 is 2.15 bits per heavy atom. The first-order chi connectivity index (χ1) is 9.61. The van der Waals surface area contributed by atoms with Crippen molar-refractivity contribution in [3.05, 3.63) is 22.7 Å². The molecule has 0 spiro atoms. The predicted octanol–water partition coefficient (Wildman–Crippen LogP) is 2.35. The summed E-state index contributed by atoms with van der Waals surface area (Å²) >= 11 is 6.02. The average molecular weight is 295 g/mol. The molecule has 1 aromatic heterocycles. The van der Waals surface area contributed by atoms with E-state index in [1.165, 1.54) is 32.4 Å². The van der Waals surface area contributed by atoms with E-state index in [1.807, 2.05) is 13.0 Å². The third kappa shape index (κ3) is 3.13. The van der Waals surface area contributed by atoms with Gasteiger partial charge in [0.2, 0.25) is 0 Å². The van der Waals surface area contributed by atoms with Gasteiger partial charge in [-0.3, -0.25) is 4.90 Å². The third-order valence-corrected chi connectivity index (χ3v) is 4.86. The molecule has 0 saturated carbocycles. The molecule has 0 radical (unpaired) electrons. The summed E-state index contributed by atoms with van der Waals surface area (Å²) in [6.07, 6.45) is 3.96. The van der Waals surface area contributed by atoms with Crippen LogP contribution >= 0.6 is 11.6 Å². The van der Waals surface area contributed by atoms with Gasteiger partial charge in [0.15, 0.2) is 0 Å². The van der Waals surface area contributed by atoms with Crippen LogP contribution in [-0.4, -0.2) is 52.5 Å². The SMILES string of the molecule is Cc1cc(Cl)nc(CN2CCC3C(CCCN3C)C2)n1. The molecule has 0 aromatic carbocycles. The highest BCUT2D eigenvalue weighted by Crippen LogP contribution is 2.29. The van der Waals surface area contributed by atoms with E-state index in [0.717, 1.165) is 36.6 Å². The second-order valence-corrected chi connectivity index (χ2v) is 6.61. The standard InChI is InChI=1S/C15H23ClN4/c1-11-8-14(16)18-15(17-11)10-20-7-5-13-12(9-20)4-3-6-19(13)2/h8,12-13H,3-7,9-10H2,1-2H3. The number of halogens is 1. The van der Waals surface area contributed by atoms with Gasteiger partial charge in [-0.2, -0.15) is 0 Å². The van der Waals surface area contributed by atoms with E-state index >= 15 is 0 Å². The first-order valence-electron chi connectivity index (χ1n) is 7.54. The molecule has 2 fully saturated rings. The monoisotopic (exact) mass is 294 g/mol. The van der Waals surface area contributed by atoms with Gasteiger partial charge < -0.3 is 4.90 Å². The lowest BCUT2D eigenvalue weighted by molar-refractivity contribution is 0.0345. The Kier molecular flexibility index (Phi) is 4.24. The second kappa shape index (κ2) is 5.96. The molecular formula is C15H23ClN4. The summed E-state index contributed by atoms with van der Waals surface area (Å²) in [6, 6.07) is 2.59. The molecule has 2 saturated heterocycles. The molecule has 1 aromatic rings. The van der Waals surface area contributed by atoms with Crippen molar-refractivity contribution in [2.24, 2.45) is 5.92 Å². The van der Waals surface area contributed by atoms with Gasteiger partial charge in [-0.25, -0.2) is 9.97 Å². The van der Waals surface area contributed by atoms with Crippen molar-refractivity contribution in [1.29, 1.82) is 0 Å². The third-order valence-electron chi connectivity index (χ3n) is 4.66. The molecule has 2 aliphatic rings. The molecule has 5 heteroatoms. The lowest BCUT2D eigenvalue weighted by Crippen LogP contribution is -2.52. The molecular weight excluding hydrogens is 272 g/mol. The van der Waals surface area contributed by atoms with Gasteiger partial charge in [-0.1, -0.05) is 11.6 Å². The van der Waals surface area contributed by atoms with Gasteiger partial charge in [0.05, 0.1) is 6.54 Å². The van der Waals surface area contributed by atoms with Gasteiger partial charge in [0.1, 0.15) is 11.0 Å². The molecule has 3 heterocycles. The van der Waals surface area contributed by atoms with Gasteiger partial charge in [0, 0.05) is 24.8 Å². The highest BCUT2D eigenvalue weighted by molar-refractivity contribution is 6.29. The Balaban J connectivity index is 1.64. The first-order valence-corrected chi connectivity index (χ1v) is 7.92. The Hall–Kier alpha value is -0.710. The molecule has 2 atom stereocenters. The number of hydrogen-bond acceptors (Lipinski definition) is 4. The van der Waals surface area contributed by atoms with Crippen LogP contribution in [0, 0.1) is 12.8 Å². The Labute approximate surface area is 126 Å². The molecule has 3 rings (SSSR count). The minimum atomic E-state index is 0.555. The minimum Gasteiger partial charge on any atom is -0.303 e. The van der Waals surface area contributed by atoms with Crippen LogP contribution < -0.4 is 0 Å². The van der Waals surface area contributed by atoms with Crippen molar-refractivity contribution < 1.29 is 0 Å². The van der Waals surface area contributed by atoms with E-state index in [1.54, 1.807) is 0 Å². The van der Waals surface area contributed by atoms with E-state index in [9.17, 15) is 0 Å². The number of rotatable bonds is 2. The fraction of sp³-hybridized carbons (Fsp3) is 0.733. The lowest BCUT2D eigenvalue weighted by Gasteiger charge is -2.45. The maximum Gasteiger partial charge on any atom is 0.144 e. The number of aromatic nitrogens is 2. The normalized spacial score (nSPS) is 28.4. The van der Waals surface area contributed by atoms with Gasteiger partial charge in [-0.05, 0) is 51.8 Å². The van der Waals surface area contributed by atoms with Crippen LogP contribution in [0.5, 0.6) is 0 Å². The number of piperidine rings is 2. The van der Waals surface area contributed by atoms with E-state index in [4.69, 9.17) is 11.6 Å². The van der Waals surface area contributed by atoms with Gasteiger partial charge in [0.25, 0.3) is 0 Å². The van der Waals surface area contributed by atoms with Crippen LogP contribution in [0.4, 0.5) is 0 Å². The number of likely N-dealkylation sites (tertiary alicyclic amines) is 2. The zero-order valence-electron chi connectivity index (χ0n) is 12.3. The quantitative estimate of drug-likeness (QED) is 0.784. The van der Waals surface area contributed by atoms with Crippen LogP contribution in [0.2, 0.25) is 5.15 Å². The van der Waals surface area contributed by atoms with E-state index in [-0.39, 0.29) is 0 Å². The summed E-state index contributed by atoms with van der Waals surface area (Å²) in [5, 5.41) is 0.555. The molecule has 2 aliphatic heterocycles.